The minimum absolute atomic E-state index is 0.0441. The monoisotopic (exact) mass is 505 g/mol. The molecular weight excluding hydrogens is 478 g/mol. The average molecular weight is 505 g/mol. The normalized spacial score (nSPS) is 22.9. The number of rotatable bonds is 11. The molecule has 0 unspecified atom stereocenters. The molecule has 1 aromatic rings. The van der Waals surface area contributed by atoms with Crippen molar-refractivity contribution in [2.24, 2.45) is 5.11 Å². The summed E-state index contributed by atoms with van der Waals surface area (Å²) in [5.41, 5.74) is 9.10. The van der Waals surface area contributed by atoms with E-state index in [1.165, 1.54) is 19.1 Å². The summed E-state index contributed by atoms with van der Waals surface area (Å²) in [6.07, 6.45) is -5.14. The van der Waals surface area contributed by atoms with Crippen molar-refractivity contribution in [2.75, 3.05) is 13.2 Å². The lowest BCUT2D eigenvalue weighted by molar-refractivity contribution is -0.302. The fourth-order valence-electron chi connectivity index (χ4n) is 3.45. The van der Waals surface area contributed by atoms with Crippen LogP contribution >= 0.6 is 0 Å². The van der Waals surface area contributed by atoms with Gasteiger partial charge in [0.15, 0.2) is 24.6 Å². The van der Waals surface area contributed by atoms with Gasteiger partial charge in [-0.2, -0.15) is 0 Å². The molecule has 194 valence electrons. The number of esters is 4. The zero-order chi connectivity index (χ0) is 26.7. The summed E-state index contributed by atoms with van der Waals surface area (Å²) in [7, 11) is 0. The fourth-order valence-corrected chi connectivity index (χ4v) is 3.45. The first-order valence-electron chi connectivity index (χ1n) is 10.8. The molecule has 0 aromatic heterocycles. The van der Waals surface area contributed by atoms with Crippen molar-refractivity contribution in [3.8, 4) is 0 Å². The summed E-state index contributed by atoms with van der Waals surface area (Å²) < 4.78 is 32.9. The van der Waals surface area contributed by atoms with Gasteiger partial charge in [0.2, 0.25) is 0 Å². The van der Waals surface area contributed by atoms with Crippen molar-refractivity contribution >= 4 is 23.9 Å². The molecule has 1 saturated heterocycles. The highest BCUT2D eigenvalue weighted by atomic mass is 16.7. The molecule has 1 fully saturated rings. The Labute approximate surface area is 206 Å². The van der Waals surface area contributed by atoms with Gasteiger partial charge in [-0.3, -0.25) is 14.4 Å². The highest BCUT2D eigenvalue weighted by molar-refractivity contribution is 5.91. The molecule has 1 aliphatic heterocycles. The zero-order valence-electron chi connectivity index (χ0n) is 20.0. The minimum Gasteiger partial charge on any atom is -0.463 e. The van der Waals surface area contributed by atoms with Crippen molar-refractivity contribution in [2.45, 2.75) is 58.0 Å². The molecule has 0 saturated carbocycles. The molecule has 1 aliphatic rings. The number of hydrogen-bond donors (Lipinski definition) is 0. The van der Waals surface area contributed by atoms with Gasteiger partial charge in [0.1, 0.15) is 12.7 Å². The molecule has 1 aromatic carbocycles. The smallest absolute Gasteiger partial charge is 0.339 e. The topological polar surface area (TPSA) is 172 Å². The van der Waals surface area contributed by atoms with Crippen molar-refractivity contribution in [1.82, 2.24) is 0 Å². The SMILES string of the molecule is C=CCO[C@H]1O[C@H](COC(C)=O)[C@@H](OC(C)=O)[C@H](OC(C)=O)[C@H]1OC(=O)c1ccccc1CN=[N+]=[N-]. The molecule has 0 N–H and O–H groups in total. The fraction of sp³-hybridized carbons (Fsp3) is 0.478. The van der Waals surface area contributed by atoms with Crippen LogP contribution in [0.2, 0.25) is 0 Å². The van der Waals surface area contributed by atoms with Crippen LogP contribution in [-0.4, -0.2) is 67.8 Å². The average Bonchev–Trinajstić information content (AvgIpc) is 2.82. The summed E-state index contributed by atoms with van der Waals surface area (Å²) in [5.74, 6) is -3.00. The summed E-state index contributed by atoms with van der Waals surface area (Å²) >= 11 is 0. The van der Waals surface area contributed by atoms with E-state index in [1.807, 2.05) is 0 Å². The van der Waals surface area contributed by atoms with E-state index in [0.717, 1.165) is 13.8 Å². The first-order valence-corrected chi connectivity index (χ1v) is 10.8. The third-order valence-corrected chi connectivity index (χ3v) is 4.81. The van der Waals surface area contributed by atoms with Gasteiger partial charge < -0.3 is 28.4 Å². The van der Waals surface area contributed by atoms with E-state index in [9.17, 15) is 19.2 Å². The van der Waals surface area contributed by atoms with Crippen LogP contribution in [-0.2, 0) is 49.3 Å². The summed E-state index contributed by atoms with van der Waals surface area (Å²) in [6.45, 7) is 6.46. The second-order valence-electron chi connectivity index (χ2n) is 7.53. The van der Waals surface area contributed by atoms with E-state index in [2.05, 4.69) is 16.6 Å². The molecule has 1 heterocycles. The van der Waals surface area contributed by atoms with E-state index in [4.69, 9.17) is 34.0 Å². The predicted molar refractivity (Wildman–Crippen MR) is 121 cm³/mol. The summed E-state index contributed by atoms with van der Waals surface area (Å²) in [6, 6.07) is 6.27. The van der Waals surface area contributed by atoms with Crippen LogP contribution in [0.15, 0.2) is 42.0 Å². The lowest BCUT2D eigenvalue weighted by Gasteiger charge is -2.44. The predicted octanol–water partition coefficient (Wildman–Crippen LogP) is 2.38. The molecule has 0 radical (unpaired) electrons. The van der Waals surface area contributed by atoms with Crippen LogP contribution in [0, 0.1) is 0 Å². The molecular formula is C23H27N3O10. The van der Waals surface area contributed by atoms with Gasteiger partial charge in [0.25, 0.3) is 0 Å². The van der Waals surface area contributed by atoms with Crippen molar-refractivity contribution in [3.05, 3.63) is 58.5 Å². The Morgan fingerprint density at radius 3 is 2.31 bits per heavy atom. The van der Waals surface area contributed by atoms with E-state index in [0.29, 0.717) is 5.56 Å². The van der Waals surface area contributed by atoms with Gasteiger partial charge in [-0.25, -0.2) is 4.79 Å². The van der Waals surface area contributed by atoms with Gasteiger partial charge >= 0.3 is 23.9 Å². The van der Waals surface area contributed by atoms with Crippen molar-refractivity contribution in [3.63, 3.8) is 0 Å². The minimum atomic E-state index is -1.41. The Balaban J connectivity index is 2.48. The zero-order valence-corrected chi connectivity index (χ0v) is 20.0. The Kier molecular flexibility index (Phi) is 10.9. The second kappa shape index (κ2) is 13.8. The molecule has 0 spiro atoms. The molecule has 5 atom stereocenters. The number of nitrogens with zero attached hydrogens (tertiary/aromatic N) is 3. The highest BCUT2D eigenvalue weighted by Gasteiger charge is 2.53. The quantitative estimate of drug-likeness (QED) is 0.108. The Morgan fingerprint density at radius 2 is 1.69 bits per heavy atom. The standard InChI is InChI=1S/C23H27N3O10/c1-5-10-31-23-21(36-22(30)17-9-7-6-8-16(17)11-25-26-24)20(34-15(4)29)19(33-14(3)28)18(35-23)12-32-13(2)27/h5-9,18-21,23H,1,10-12H2,2-4H3/t18-,19-,20+,21-,23+/m1/s1. The maximum Gasteiger partial charge on any atom is 0.339 e. The van der Waals surface area contributed by atoms with Gasteiger partial charge in [-0.05, 0) is 17.2 Å². The third kappa shape index (κ3) is 8.08. The van der Waals surface area contributed by atoms with E-state index in [1.54, 1.807) is 18.2 Å². The van der Waals surface area contributed by atoms with Crippen LogP contribution in [0.1, 0.15) is 36.7 Å². The lowest BCUT2D eigenvalue weighted by atomic mass is 9.98. The number of hydrogen-bond acceptors (Lipinski definition) is 11. The molecule has 36 heavy (non-hydrogen) atoms. The van der Waals surface area contributed by atoms with Crippen LogP contribution in [0.25, 0.3) is 10.4 Å². The largest absolute Gasteiger partial charge is 0.463 e. The highest BCUT2D eigenvalue weighted by Crippen LogP contribution is 2.30. The summed E-state index contributed by atoms with van der Waals surface area (Å²) in [5, 5.41) is 3.48. The Morgan fingerprint density at radius 1 is 1.03 bits per heavy atom. The number of azide groups is 1. The van der Waals surface area contributed by atoms with Crippen LogP contribution in [0.5, 0.6) is 0 Å². The first kappa shape index (κ1) is 28.3. The van der Waals surface area contributed by atoms with E-state index >= 15 is 0 Å². The van der Waals surface area contributed by atoms with Crippen LogP contribution < -0.4 is 0 Å². The second-order valence-corrected chi connectivity index (χ2v) is 7.53. The van der Waals surface area contributed by atoms with Crippen molar-refractivity contribution < 1.29 is 47.6 Å². The molecule has 0 aliphatic carbocycles. The third-order valence-electron chi connectivity index (χ3n) is 4.81. The Bertz CT molecular complexity index is 1020. The number of benzene rings is 1. The van der Waals surface area contributed by atoms with Crippen molar-refractivity contribution in [1.29, 1.82) is 0 Å². The first-order chi connectivity index (χ1) is 17.2. The van der Waals surface area contributed by atoms with Crippen LogP contribution in [0.4, 0.5) is 0 Å². The maximum absolute atomic E-state index is 13.2. The number of ether oxygens (including phenoxy) is 6. The molecule has 13 nitrogen and oxygen atoms in total. The molecule has 2 rings (SSSR count). The van der Waals surface area contributed by atoms with Gasteiger partial charge in [-0.15, -0.1) is 6.58 Å². The van der Waals surface area contributed by atoms with Gasteiger partial charge in [0, 0.05) is 25.7 Å². The Hall–Kier alpha value is -3.93. The molecule has 13 heteroatoms. The molecule has 0 amide bonds. The number of carbonyl (C=O) groups excluding carboxylic acids is 4. The molecule has 0 bridgehead atoms. The van der Waals surface area contributed by atoms with Crippen LogP contribution in [0.3, 0.4) is 0 Å². The van der Waals surface area contributed by atoms with E-state index < -0.39 is 54.6 Å². The lowest BCUT2D eigenvalue weighted by Crippen LogP contribution is -2.63. The number of carbonyl (C=O) groups is 4. The summed E-state index contributed by atoms with van der Waals surface area (Å²) in [4.78, 5) is 51.1. The van der Waals surface area contributed by atoms with Gasteiger partial charge in [0.05, 0.1) is 18.7 Å². The maximum atomic E-state index is 13.2. The van der Waals surface area contributed by atoms with Gasteiger partial charge in [-0.1, -0.05) is 29.4 Å². The van der Waals surface area contributed by atoms with E-state index in [-0.39, 0.29) is 25.3 Å².